The number of nitrogens with zero attached hydrogens (tertiary/aromatic N) is 1. The van der Waals surface area contributed by atoms with Crippen LogP contribution in [0.15, 0.2) is 109 Å². The van der Waals surface area contributed by atoms with Crippen molar-refractivity contribution >= 4 is 11.4 Å². The monoisotopic (exact) mass is 340 g/mol. The van der Waals surface area contributed by atoms with Crippen molar-refractivity contribution in [3.63, 3.8) is 0 Å². The van der Waals surface area contributed by atoms with E-state index in [1.807, 2.05) is 72.6 Å². The number of anilines is 2. The van der Waals surface area contributed by atoms with Crippen molar-refractivity contribution in [3.05, 3.63) is 109 Å². The summed E-state index contributed by atoms with van der Waals surface area (Å²) in [4.78, 5) is 1.96. The molecule has 0 N–H and O–H groups in total. The molecular weight excluding hydrogens is 314 g/mol. The van der Waals surface area contributed by atoms with Crippen LogP contribution >= 0.6 is 0 Å². The Kier molecular flexibility index (Phi) is 3.17. The van der Waals surface area contributed by atoms with E-state index in [-0.39, 0.29) is 35.8 Å². The molecule has 0 heterocycles. The highest BCUT2D eigenvalue weighted by molar-refractivity contribution is 5.82. The minimum atomic E-state index is -0.388. The normalized spacial score (nSPS) is 13.2. The zero-order chi connectivity index (χ0) is 22.1. The van der Waals surface area contributed by atoms with Gasteiger partial charge in [0.15, 0.2) is 0 Å². The molecule has 0 saturated heterocycles. The van der Waals surface area contributed by atoms with E-state index in [1.54, 1.807) is 6.07 Å². The van der Waals surface area contributed by atoms with Crippen LogP contribution in [0.5, 0.6) is 0 Å². The quantitative estimate of drug-likeness (QED) is 0.395. The molecule has 126 valence electrons. The largest absolute Gasteiger partial charge is 0.344 e. The average molecular weight is 340 g/mol. The van der Waals surface area contributed by atoms with Gasteiger partial charge in [0.05, 0.1) is 6.85 Å². The fourth-order valence-corrected chi connectivity index (χ4v) is 3.01. The van der Waals surface area contributed by atoms with Crippen LogP contribution in [0.3, 0.4) is 0 Å². The summed E-state index contributed by atoms with van der Waals surface area (Å²) >= 11 is 0. The lowest BCUT2D eigenvalue weighted by molar-refractivity contribution is 1.21. The molecule has 0 spiro atoms. The third-order valence-corrected chi connectivity index (χ3v) is 4.40. The van der Waals surface area contributed by atoms with Gasteiger partial charge in [-0.1, -0.05) is 90.9 Å². The Bertz CT molecular complexity index is 1210. The van der Waals surface area contributed by atoms with Crippen LogP contribution < -0.4 is 4.90 Å². The first-order valence-electron chi connectivity index (χ1n) is 11.0. The number of rotatable bonds is 4. The molecule has 4 aromatic rings. The van der Waals surface area contributed by atoms with Crippen LogP contribution in [0.4, 0.5) is 11.4 Å². The highest BCUT2D eigenvalue weighted by atomic mass is 15.1. The van der Waals surface area contributed by atoms with E-state index in [9.17, 15) is 0 Å². The molecule has 0 aromatic heterocycles. The fourth-order valence-electron chi connectivity index (χ4n) is 3.01. The van der Waals surface area contributed by atoms with Gasteiger partial charge in [-0.05, 0) is 34.9 Å². The Morgan fingerprint density at radius 1 is 0.615 bits per heavy atom. The molecule has 4 aromatic carbocycles. The van der Waals surface area contributed by atoms with Crippen LogP contribution in [0.2, 0.25) is 0 Å². The smallest absolute Gasteiger partial charge is 0.0629 e. The molecule has 0 bridgehead atoms. The Hall–Kier alpha value is -3.32. The number of para-hydroxylation sites is 1. The Labute approximate surface area is 162 Å². The van der Waals surface area contributed by atoms with Crippen molar-refractivity contribution in [2.24, 2.45) is 0 Å². The highest BCUT2D eigenvalue weighted by Gasteiger charge is 2.10. The van der Waals surface area contributed by atoms with Crippen LogP contribution in [0.1, 0.15) is 6.85 Å². The van der Waals surface area contributed by atoms with Crippen molar-refractivity contribution < 1.29 is 6.85 Å². The maximum Gasteiger partial charge on any atom is 0.0629 e. The van der Waals surface area contributed by atoms with E-state index >= 15 is 0 Å². The molecule has 0 unspecified atom stereocenters. The predicted molar refractivity (Wildman–Crippen MR) is 112 cm³/mol. The van der Waals surface area contributed by atoms with Crippen molar-refractivity contribution in [3.8, 4) is 22.3 Å². The zero-order valence-electron chi connectivity index (χ0n) is 19.5. The summed E-state index contributed by atoms with van der Waals surface area (Å²) in [5, 5.41) is 0. The van der Waals surface area contributed by atoms with E-state index < -0.39 is 0 Å². The van der Waals surface area contributed by atoms with Crippen molar-refractivity contribution in [2.45, 2.75) is 0 Å². The van der Waals surface area contributed by atoms with E-state index in [2.05, 4.69) is 12.1 Å². The first-order valence-corrected chi connectivity index (χ1v) is 8.45. The van der Waals surface area contributed by atoms with Gasteiger partial charge in [-0.2, -0.15) is 0 Å². The Morgan fingerprint density at radius 2 is 1.23 bits per heavy atom. The lowest BCUT2D eigenvalue weighted by Gasteiger charge is -2.23. The lowest BCUT2D eigenvalue weighted by atomic mass is 10.0. The molecule has 1 nitrogen and oxygen atoms in total. The minimum Gasteiger partial charge on any atom is -0.344 e. The molecule has 0 radical (unpaired) electrons. The molecule has 1 heteroatoms. The van der Waals surface area contributed by atoms with E-state index in [0.717, 1.165) is 22.5 Å². The summed E-state index contributed by atoms with van der Waals surface area (Å²) in [5.74, 6) is 0. The summed E-state index contributed by atoms with van der Waals surface area (Å²) < 4.78 is 40.6. The highest BCUT2D eigenvalue weighted by Crippen LogP contribution is 2.34. The van der Waals surface area contributed by atoms with E-state index in [4.69, 9.17) is 6.85 Å². The number of hydrogen-bond acceptors (Lipinski definition) is 1. The molecule has 0 amide bonds. The second-order valence-electron chi connectivity index (χ2n) is 5.99. The first-order chi connectivity index (χ1) is 14.9. The maximum atomic E-state index is 8.35. The number of benzene rings is 4. The summed E-state index contributed by atoms with van der Waals surface area (Å²) in [6.07, 6.45) is 0. The second kappa shape index (κ2) is 7.28. The summed E-state index contributed by atoms with van der Waals surface area (Å²) in [6, 6.07) is 24.2. The van der Waals surface area contributed by atoms with Crippen LogP contribution in [-0.4, -0.2) is 7.05 Å². The van der Waals surface area contributed by atoms with Crippen molar-refractivity contribution in [2.75, 3.05) is 11.9 Å². The lowest BCUT2D eigenvalue weighted by Crippen LogP contribution is -2.10. The van der Waals surface area contributed by atoms with Gasteiger partial charge in [-0.25, -0.2) is 0 Å². The summed E-state index contributed by atoms with van der Waals surface area (Å²) in [5.41, 5.74) is 4.73. The Balaban J connectivity index is 1.78. The summed E-state index contributed by atoms with van der Waals surface area (Å²) in [7, 11) is 1.91. The molecule has 4 rings (SSSR count). The zero-order valence-corrected chi connectivity index (χ0v) is 14.5. The molecule has 0 atom stereocenters. The van der Waals surface area contributed by atoms with E-state index in [0.29, 0.717) is 5.56 Å². The average Bonchev–Trinajstić information content (AvgIpc) is 2.82. The van der Waals surface area contributed by atoms with Gasteiger partial charge >= 0.3 is 0 Å². The van der Waals surface area contributed by atoms with Gasteiger partial charge in [0.25, 0.3) is 0 Å². The SMILES string of the molecule is [2H]c1c([2H])c([2H])c(-c2ccccc2N(C)c2ccc(-c3ccccc3)cc2)c([2H])c1[2H]. The van der Waals surface area contributed by atoms with Gasteiger partial charge in [0.2, 0.25) is 0 Å². The molecule has 0 aliphatic rings. The van der Waals surface area contributed by atoms with E-state index in [1.165, 1.54) is 0 Å². The van der Waals surface area contributed by atoms with Crippen molar-refractivity contribution in [1.82, 2.24) is 0 Å². The van der Waals surface area contributed by atoms with Gasteiger partial charge < -0.3 is 4.90 Å². The standard InChI is InChI=1S/C25H21N/c1-26(23-18-16-21(17-19-23)20-10-4-2-5-11-20)25-15-9-8-14-24(25)22-12-6-3-7-13-22/h2-19H,1H3/i3D,6D,7D,12D,13D. The van der Waals surface area contributed by atoms with Gasteiger partial charge in [-0.3, -0.25) is 0 Å². The van der Waals surface area contributed by atoms with Gasteiger partial charge in [-0.15, -0.1) is 0 Å². The fraction of sp³-hybridized carbons (Fsp3) is 0.0400. The third kappa shape index (κ3) is 3.25. The van der Waals surface area contributed by atoms with Crippen LogP contribution in [0.25, 0.3) is 22.3 Å². The maximum absolute atomic E-state index is 8.35. The molecule has 0 saturated carbocycles. The molecule has 0 aliphatic carbocycles. The summed E-state index contributed by atoms with van der Waals surface area (Å²) in [6.45, 7) is 0. The molecule has 0 fully saturated rings. The molecule has 0 aliphatic heterocycles. The van der Waals surface area contributed by atoms with Crippen molar-refractivity contribution in [1.29, 1.82) is 0 Å². The second-order valence-corrected chi connectivity index (χ2v) is 5.99. The minimum absolute atomic E-state index is 0.203. The first kappa shape index (κ1) is 11.3. The number of hydrogen-bond donors (Lipinski definition) is 0. The molecular formula is C25H21N. The predicted octanol–water partition coefficient (Wildman–Crippen LogP) is 6.79. The molecule has 26 heavy (non-hydrogen) atoms. The third-order valence-electron chi connectivity index (χ3n) is 4.40. The van der Waals surface area contributed by atoms with Crippen LogP contribution in [-0.2, 0) is 0 Å². The van der Waals surface area contributed by atoms with Gasteiger partial charge in [0.1, 0.15) is 0 Å². The van der Waals surface area contributed by atoms with Crippen LogP contribution in [0, 0.1) is 0 Å². The Morgan fingerprint density at radius 3 is 1.96 bits per heavy atom. The topological polar surface area (TPSA) is 3.24 Å². The van der Waals surface area contributed by atoms with Gasteiger partial charge in [0, 0.05) is 24.0 Å².